The lowest BCUT2D eigenvalue weighted by atomic mass is 10.3. The Hall–Kier alpha value is -0.810. The van der Waals surface area contributed by atoms with Gasteiger partial charge in [0, 0.05) is 46.3 Å². The second-order valence-corrected chi connectivity index (χ2v) is 3.17. The smallest absolute Gasteiger partial charge is 0.317 e. The maximum Gasteiger partial charge on any atom is 0.317 e. The number of rotatable bonds is 2. The second-order valence-electron chi connectivity index (χ2n) is 3.17. The van der Waals surface area contributed by atoms with Crippen molar-refractivity contribution in [3.63, 3.8) is 0 Å². The summed E-state index contributed by atoms with van der Waals surface area (Å²) in [6, 6.07) is 0.0207. The highest BCUT2D eigenvalue weighted by molar-refractivity contribution is 5.73. The number of nitrogens with two attached hydrogens (primary N) is 1. The number of carbonyl (C=O) groups excluding carboxylic acids is 1. The molecule has 1 heterocycles. The van der Waals surface area contributed by atoms with E-state index in [0.717, 1.165) is 32.7 Å². The van der Waals surface area contributed by atoms with E-state index in [1.165, 1.54) is 0 Å². The first-order valence-electron chi connectivity index (χ1n) is 4.67. The van der Waals surface area contributed by atoms with Gasteiger partial charge in [0.2, 0.25) is 0 Å². The predicted molar refractivity (Wildman–Crippen MR) is 51.5 cm³/mol. The van der Waals surface area contributed by atoms with Gasteiger partial charge in [0.15, 0.2) is 0 Å². The number of nitrogens with one attached hydrogen (secondary N) is 1. The number of nitrogens with zero attached hydrogens (tertiary/aromatic N) is 2. The molecule has 0 aliphatic carbocycles. The summed E-state index contributed by atoms with van der Waals surface area (Å²) in [7, 11) is 1.66. The largest absolute Gasteiger partial charge is 0.341 e. The Morgan fingerprint density at radius 1 is 1.38 bits per heavy atom. The molecular formula is C8H18N4O. The van der Waals surface area contributed by atoms with Gasteiger partial charge in [-0.2, -0.15) is 0 Å². The Bertz CT molecular complexity index is 166. The number of urea groups is 1. The standard InChI is InChI=1S/C8H18N4O/c1-10-8(13)12-6-4-11(3-2-9)5-7-12/h2-7,9H2,1H3,(H,10,13). The van der Waals surface area contributed by atoms with E-state index in [1.54, 1.807) is 7.05 Å². The third-order valence-electron chi connectivity index (χ3n) is 2.32. The molecule has 1 aliphatic rings. The van der Waals surface area contributed by atoms with Gasteiger partial charge >= 0.3 is 6.03 Å². The van der Waals surface area contributed by atoms with Crippen LogP contribution in [-0.4, -0.2) is 62.1 Å². The van der Waals surface area contributed by atoms with Crippen molar-refractivity contribution in [2.24, 2.45) is 5.73 Å². The third-order valence-corrected chi connectivity index (χ3v) is 2.32. The van der Waals surface area contributed by atoms with Crippen LogP contribution in [-0.2, 0) is 0 Å². The lowest BCUT2D eigenvalue weighted by Gasteiger charge is -2.34. The van der Waals surface area contributed by atoms with Gasteiger partial charge in [0.25, 0.3) is 0 Å². The molecule has 0 radical (unpaired) electrons. The zero-order valence-corrected chi connectivity index (χ0v) is 8.12. The fourth-order valence-electron chi connectivity index (χ4n) is 1.52. The lowest BCUT2D eigenvalue weighted by Crippen LogP contribution is -2.51. The van der Waals surface area contributed by atoms with Crippen molar-refractivity contribution >= 4 is 6.03 Å². The SMILES string of the molecule is CNC(=O)N1CCN(CCN)CC1. The van der Waals surface area contributed by atoms with E-state index in [0.29, 0.717) is 6.54 Å². The van der Waals surface area contributed by atoms with Crippen molar-refractivity contribution in [2.45, 2.75) is 0 Å². The Morgan fingerprint density at radius 2 is 2.00 bits per heavy atom. The summed E-state index contributed by atoms with van der Waals surface area (Å²) in [4.78, 5) is 15.3. The van der Waals surface area contributed by atoms with Gasteiger partial charge in [-0.25, -0.2) is 4.79 Å². The predicted octanol–water partition coefficient (Wildman–Crippen LogP) is -1.10. The van der Waals surface area contributed by atoms with Crippen LogP contribution in [0.15, 0.2) is 0 Å². The highest BCUT2D eigenvalue weighted by Crippen LogP contribution is 2.00. The van der Waals surface area contributed by atoms with E-state index in [4.69, 9.17) is 5.73 Å². The number of amides is 2. The maximum atomic E-state index is 11.2. The van der Waals surface area contributed by atoms with Gasteiger partial charge in [-0.15, -0.1) is 0 Å². The van der Waals surface area contributed by atoms with Crippen LogP contribution >= 0.6 is 0 Å². The van der Waals surface area contributed by atoms with Crippen LogP contribution < -0.4 is 11.1 Å². The average Bonchev–Trinajstić information content (AvgIpc) is 2.18. The van der Waals surface area contributed by atoms with Crippen molar-refractivity contribution in [3.8, 4) is 0 Å². The van der Waals surface area contributed by atoms with E-state index in [-0.39, 0.29) is 6.03 Å². The number of hydrogen-bond donors (Lipinski definition) is 2. The van der Waals surface area contributed by atoms with Gasteiger partial charge in [0.1, 0.15) is 0 Å². The van der Waals surface area contributed by atoms with Crippen molar-refractivity contribution in [1.82, 2.24) is 15.1 Å². The van der Waals surface area contributed by atoms with Gasteiger partial charge in [-0.1, -0.05) is 0 Å². The van der Waals surface area contributed by atoms with E-state index in [1.807, 2.05) is 4.90 Å². The van der Waals surface area contributed by atoms with Gasteiger partial charge in [0.05, 0.1) is 0 Å². The molecule has 3 N–H and O–H groups in total. The Kier molecular flexibility index (Phi) is 3.98. The Morgan fingerprint density at radius 3 is 2.46 bits per heavy atom. The fraction of sp³-hybridized carbons (Fsp3) is 0.875. The van der Waals surface area contributed by atoms with Crippen LogP contribution in [0.4, 0.5) is 4.79 Å². The molecule has 0 aromatic rings. The van der Waals surface area contributed by atoms with Gasteiger partial charge < -0.3 is 16.0 Å². The molecule has 0 atom stereocenters. The monoisotopic (exact) mass is 186 g/mol. The van der Waals surface area contributed by atoms with Gasteiger partial charge in [-0.3, -0.25) is 4.90 Å². The molecule has 5 nitrogen and oxygen atoms in total. The maximum absolute atomic E-state index is 11.2. The summed E-state index contributed by atoms with van der Waals surface area (Å²) < 4.78 is 0. The normalized spacial score (nSPS) is 18.8. The lowest BCUT2D eigenvalue weighted by molar-refractivity contribution is 0.142. The van der Waals surface area contributed by atoms with E-state index < -0.39 is 0 Å². The van der Waals surface area contributed by atoms with Crippen LogP contribution in [0.25, 0.3) is 0 Å². The number of carbonyl (C=O) groups is 1. The van der Waals surface area contributed by atoms with E-state index in [2.05, 4.69) is 10.2 Å². The molecule has 0 aromatic carbocycles. The first kappa shape index (κ1) is 10.3. The van der Waals surface area contributed by atoms with Crippen LogP contribution in [0.3, 0.4) is 0 Å². The molecule has 13 heavy (non-hydrogen) atoms. The fourth-order valence-corrected chi connectivity index (χ4v) is 1.52. The molecule has 0 aromatic heterocycles. The first-order valence-corrected chi connectivity index (χ1v) is 4.67. The van der Waals surface area contributed by atoms with E-state index in [9.17, 15) is 4.79 Å². The third kappa shape index (κ3) is 2.86. The minimum atomic E-state index is 0.0207. The number of piperazine rings is 1. The molecular weight excluding hydrogens is 168 g/mol. The van der Waals surface area contributed by atoms with E-state index >= 15 is 0 Å². The van der Waals surface area contributed by atoms with Crippen LogP contribution in [0.5, 0.6) is 0 Å². The van der Waals surface area contributed by atoms with Gasteiger partial charge in [-0.05, 0) is 0 Å². The molecule has 2 amide bonds. The molecule has 1 rings (SSSR count). The molecule has 1 aliphatic heterocycles. The zero-order valence-electron chi connectivity index (χ0n) is 8.12. The second kappa shape index (κ2) is 5.04. The van der Waals surface area contributed by atoms with Crippen LogP contribution in [0.1, 0.15) is 0 Å². The molecule has 1 saturated heterocycles. The summed E-state index contributed by atoms with van der Waals surface area (Å²) in [6.07, 6.45) is 0. The topological polar surface area (TPSA) is 61.6 Å². The van der Waals surface area contributed by atoms with Crippen LogP contribution in [0.2, 0.25) is 0 Å². The van der Waals surface area contributed by atoms with Crippen molar-refractivity contribution in [2.75, 3.05) is 46.3 Å². The summed E-state index contributed by atoms with van der Waals surface area (Å²) in [6.45, 7) is 5.11. The molecule has 1 fully saturated rings. The molecule has 0 saturated carbocycles. The quantitative estimate of drug-likeness (QED) is 0.575. The minimum absolute atomic E-state index is 0.0207. The van der Waals surface area contributed by atoms with Crippen LogP contribution in [0, 0.1) is 0 Å². The molecule has 5 heteroatoms. The summed E-state index contributed by atoms with van der Waals surface area (Å²) in [5.41, 5.74) is 5.45. The van der Waals surface area contributed by atoms with Crippen molar-refractivity contribution < 1.29 is 4.79 Å². The minimum Gasteiger partial charge on any atom is -0.341 e. The Labute approximate surface area is 78.9 Å². The highest BCUT2D eigenvalue weighted by atomic mass is 16.2. The zero-order chi connectivity index (χ0) is 9.68. The van der Waals surface area contributed by atoms with Crippen molar-refractivity contribution in [3.05, 3.63) is 0 Å². The molecule has 0 bridgehead atoms. The molecule has 0 unspecified atom stereocenters. The molecule has 76 valence electrons. The number of hydrogen-bond acceptors (Lipinski definition) is 3. The average molecular weight is 186 g/mol. The summed E-state index contributed by atoms with van der Waals surface area (Å²) in [5, 5.41) is 2.63. The first-order chi connectivity index (χ1) is 6.27. The summed E-state index contributed by atoms with van der Waals surface area (Å²) >= 11 is 0. The summed E-state index contributed by atoms with van der Waals surface area (Å²) in [5.74, 6) is 0. The Balaban J connectivity index is 2.26. The van der Waals surface area contributed by atoms with Crippen molar-refractivity contribution in [1.29, 1.82) is 0 Å². The highest BCUT2D eigenvalue weighted by Gasteiger charge is 2.18. The molecule has 0 spiro atoms.